The number of nitrogens with one attached hydrogen (secondary N) is 1. The molecule has 0 radical (unpaired) electrons. The van der Waals surface area contributed by atoms with Gasteiger partial charge in [0.2, 0.25) is 0 Å². The summed E-state index contributed by atoms with van der Waals surface area (Å²) < 4.78 is 0. The van der Waals surface area contributed by atoms with Crippen LogP contribution in [0.1, 0.15) is 41.7 Å². The van der Waals surface area contributed by atoms with Crippen LogP contribution in [0.4, 0.5) is 0 Å². The maximum Gasteiger partial charge on any atom is 0.269 e. The molecule has 1 fully saturated rings. The fourth-order valence-corrected chi connectivity index (χ4v) is 1.84. The number of aromatic nitrogens is 1. The summed E-state index contributed by atoms with van der Waals surface area (Å²) in [6.45, 7) is 1.05. The van der Waals surface area contributed by atoms with Gasteiger partial charge in [0.05, 0.1) is 6.54 Å². The highest BCUT2D eigenvalue weighted by molar-refractivity contribution is 5.92. The van der Waals surface area contributed by atoms with Crippen LogP contribution in [-0.4, -0.2) is 24.0 Å². The lowest BCUT2D eigenvalue weighted by Gasteiger charge is -2.04. The van der Waals surface area contributed by atoms with Gasteiger partial charge in [-0.3, -0.25) is 4.79 Å². The van der Waals surface area contributed by atoms with E-state index < -0.39 is 0 Å². The highest BCUT2D eigenvalue weighted by Gasteiger charge is 2.20. The van der Waals surface area contributed by atoms with E-state index in [0.717, 1.165) is 24.4 Å². The quantitative estimate of drug-likeness (QED) is 0.617. The predicted octanol–water partition coefficient (Wildman–Crippen LogP) is 1.31. The molecule has 3 N–H and O–H groups in total. The average molecular weight is 257 g/mol. The third-order valence-corrected chi connectivity index (χ3v) is 3.10. The van der Waals surface area contributed by atoms with Crippen molar-refractivity contribution in [1.82, 2.24) is 10.3 Å². The van der Waals surface area contributed by atoms with Crippen LogP contribution < -0.4 is 11.1 Å². The van der Waals surface area contributed by atoms with Crippen LogP contribution in [-0.2, 0) is 0 Å². The van der Waals surface area contributed by atoms with Crippen LogP contribution >= 0.6 is 0 Å². The largest absolute Gasteiger partial charge is 0.351 e. The molecule has 4 heteroatoms. The highest BCUT2D eigenvalue weighted by Crippen LogP contribution is 2.33. The number of hydrogen-bond donors (Lipinski definition) is 2. The molecule has 0 unspecified atom stereocenters. The minimum absolute atomic E-state index is 0.117. The van der Waals surface area contributed by atoms with Crippen molar-refractivity contribution in [2.24, 2.45) is 11.7 Å². The Morgan fingerprint density at radius 3 is 2.95 bits per heavy atom. The van der Waals surface area contributed by atoms with Crippen molar-refractivity contribution in [2.75, 3.05) is 13.1 Å². The van der Waals surface area contributed by atoms with Crippen molar-refractivity contribution in [3.05, 3.63) is 29.6 Å². The maximum absolute atomic E-state index is 11.8. The van der Waals surface area contributed by atoms with Gasteiger partial charge in [0.1, 0.15) is 5.69 Å². The third-order valence-electron chi connectivity index (χ3n) is 3.10. The molecule has 100 valence electrons. The summed E-state index contributed by atoms with van der Waals surface area (Å²) in [5.74, 6) is 6.42. The standard InChI is InChI=1S/C15H19N3O/c16-9-1-3-13-7-8-14(18-11-13)15(19)17-10-2-4-12-5-6-12/h7-8,11-12H,2,4-6,9-10,16H2,(H,17,19). The Hall–Kier alpha value is -1.86. The minimum Gasteiger partial charge on any atom is -0.351 e. The molecule has 0 spiro atoms. The first-order chi connectivity index (χ1) is 9.29. The first kappa shape index (κ1) is 13.6. The van der Waals surface area contributed by atoms with E-state index >= 15 is 0 Å². The van der Waals surface area contributed by atoms with Gasteiger partial charge in [-0.15, -0.1) is 0 Å². The van der Waals surface area contributed by atoms with E-state index in [4.69, 9.17) is 5.73 Å². The molecule has 19 heavy (non-hydrogen) atoms. The second-order valence-corrected chi connectivity index (χ2v) is 4.78. The maximum atomic E-state index is 11.8. The molecule has 1 saturated carbocycles. The predicted molar refractivity (Wildman–Crippen MR) is 74.5 cm³/mol. The van der Waals surface area contributed by atoms with Crippen molar-refractivity contribution in [3.8, 4) is 11.8 Å². The molecule has 0 aliphatic heterocycles. The van der Waals surface area contributed by atoms with Crippen LogP contribution in [0.3, 0.4) is 0 Å². The normalized spacial score (nSPS) is 13.5. The van der Waals surface area contributed by atoms with E-state index in [2.05, 4.69) is 22.1 Å². The fraction of sp³-hybridized carbons (Fsp3) is 0.467. The van der Waals surface area contributed by atoms with Gasteiger partial charge in [0.25, 0.3) is 5.91 Å². The average Bonchev–Trinajstić information content (AvgIpc) is 3.26. The molecule has 1 aromatic rings. The molecule has 4 nitrogen and oxygen atoms in total. The summed E-state index contributed by atoms with van der Waals surface area (Å²) in [5, 5.41) is 2.89. The molecular weight excluding hydrogens is 238 g/mol. The number of hydrogen-bond acceptors (Lipinski definition) is 3. The SMILES string of the molecule is NCC#Cc1ccc(C(=O)NCCCC2CC2)nc1. The van der Waals surface area contributed by atoms with Crippen molar-refractivity contribution in [2.45, 2.75) is 25.7 Å². The smallest absolute Gasteiger partial charge is 0.269 e. The number of nitrogens with zero attached hydrogens (tertiary/aromatic N) is 1. The number of rotatable bonds is 5. The van der Waals surface area contributed by atoms with Gasteiger partial charge < -0.3 is 11.1 Å². The van der Waals surface area contributed by atoms with Crippen molar-refractivity contribution in [3.63, 3.8) is 0 Å². The summed E-state index contributed by atoms with van der Waals surface area (Å²) in [7, 11) is 0. The second-order valence-electron chi connectivity index (χ2n) is 4.78. The van der Waals surface area contributed by atoms with Gasteiger partial charge in [-0.1, -0.05) is 24.7 Å². The molecule has 1 aliphatic carbocycles. The van der Waals surface area contributed by atoms with Crippen molar-refractivity contribution >= 4 is 5.91 Å². The molecule has 1 amide bonds. The van der Waals surface area contributed by atoms with Crippen LogP contribution in [0.2, 0.25) is 0 Å². The van der Waals surface area contributed by atoms with Gasteiger partial charge in [-0.05, 0) is 30.9 Å². The summed E-state index contributed by atoms with van der Waals surface area (Å²) in [4.78, 5) is 15.9. The molecule has 2 rings (SSSR count). The van der Waals surface area contributed by atoms with Crippen molar-refractivity contribution in [1.29, 1.82) is 0 Å². The van der Waals surface area contributed by atoms with Gasteiger partial charge in [-0.2, -0.15) is 0 Å². The lowest BCUT2D eigenvalue weighted by molar-refractivity contribution is 0.0948. The van der Waals surface area contributed by atoms with Gasteiger partial charge in [0.15, 0.2) is 0 Å². The number of pyridine rings is 1. The molecule has 0 saturated heterocycles. The van der Waals surface area contributed by atoms with E-state index in [1.54, 1.807) is 18.3 Å². The van der Waals surface area contributed by atoms with E-state index in [-0.39, 0.29) is 5.91 Å². The number of carbonyl (C=O) groups excluding carboxylic acids is 1. The summed E-state index contributed by atoms with van der Waals surface area (Å²) >= 11 is 0. The summed E-state index contributed by atoms with van der Waals surface area (Å²) in [5.41, 5.74) is 6.50. The number of carbonyl (C=O) groups is 1. The number of nitrogens with two attached hydrogens (primary N) is 1. The molecule has 0 bridgehead atoms. The Bertz CT molecular complexity index is 480. The summed E-state index contributed by atoms with van der Waals surface area (Å²) in [6, 6.07) is 3.48. The topological polar surface area (TPSA) is 68.0 Å². The molecule has 0 atom stereocenters. The first-order valence-corrected chi connectivity index (χ1v) is 6.73. The van der Waals surface area contributed by atoms with Crippen LogP contribution in [0, 0.1) is 17.8 Å². The molecular formula is C15H19N3O. The monoisotopic (exact) mass is 257 g/mol. The minimum atomic E-state index is -0.117. The van der Waals surface area contributed by atoms with E-state index in [1.165, 1.54) is 19.3 Å². The van der Waals surface area contributed by atoms with E-state index in [1.807, 2.05) is 0 Å². The van der Waals surface area contributed by atoms with Crippen LogP contribution in [0.5, 0.6) is 0 Å². The van der Waals surface area contributed by atoms with Crippen molar-refractivity contribution < 1.29 is 4.79 Å². The zero-order valence-corrected chi connectivity index (χ0v) is 11.0. The lowest BCUT2D eigenvalue weighted by atomic mass is 10.2. The Balaban J connectivity index is 1.77. The Kier molecular flexibility index (Phi) is 4.93. The molecule has 1 aliphatic rings. The zero-order valence-electron chi connectivity index (χ0n) is 11.0. The van der Waals surface area contributed by atoms with Gasteiger partial charge in [-0.25, -0.2) is 4.98 Å². The Labute approximate surface area is 113 Å². The Morgan fingerprint density at radius 1 is 1.47 bits per heavy atom. The Morgan fingerprint density at radius 2 is 2.32 bits per heavy atom. The van der Waals surface area contributed by atoms with Gasteiger partial charge >= 0.3 is 0 Å². The highest BCUT2D eigenvalue weighted by atomic mass is 16.1. The van der Waals surface area contributed by atoms with Crippen LogP contribution in [0.15, 0.2) is 18.3 Å². The summed E-state index contributed by atoms with van der Waals surface area (Å²) in [6.07, 6.45) is 6.60. The zero-order chi connectivity index (χ0) is 13.5. The molecule has 1 aromatic heterocycles. The van der Waals surface area contributed by atoms with Crippen LogP contribution in [0.25, 0.3) is 0 Å². The first-order valence-electron chi connectivity index (χ1n) is 6.73. The lowest BCUT2D eigenvalue weighted by Crippen LogP contribution is -2.25. The molecule has 0 aromatic carbocycles. The van der Waals surface area contributed by atoms with Gasteiger partial charge in [0, 0.05) is 18.3 Å². The fourth-order valence-electron chi connectivity index (χ4n) is 1.84. The second kappa shape index (κ2) is 6.91. The third kappa shape index (κ3) is 4.72. The molecule has 1 heterocycles. The number of amides is 1. The van der Waals surface area contributed by atoms with E-state index in [0.29, 0.717) is 12.2 Å². The van der Waals surface area contributed by atoms with E-state index in [9.17, 15) is 4.79 Å².